The van der Waals surface area contributed by atoms with Crippen LogP contribution in [0.2, 0.25) is 0 Å². The maximum absolute atomic E-state index is 11.5. The molecule has 1 aromatic heterocycles. The maximum Gasteiger partial charge on any atom is 0.332 e. The number of aryl methyl sites for hydroxylation is 1. The Morgan fingerprint density at radius 2 is 2.15 bits per heavy atom. The Kier molecular flexibility index (Phi) is 5.66. The summed E-state index contributed by atoms with van der Waals surface area (Å²) in [6.45, 7) is 1.72. The van der Waals surface area contributed by atoms with Gasteiger partial charge in [0.25, 0.3) is 0 Å². The highest BCUT2D eigenvalue weighted by Gasteiger charge is 2.13. The molecule has 20 heavy (non-hydrogen) atoms. The van der Waals surface area contributed by atoms with Crippen LogP contribution in [0.1, 0.15) is 12.1 Å². The number of aliphatic carboxylic acids is 1. The minimum absolute atomic E-state index is 0.00223. The number of carbonyl (C=O) groups excluding carboxylic acids is 1. The van der Waals surface area contributed by atoms with Gasteiger partial charge in [0.2, 0.25) is 11.8 Å². The molecule has 9 heteroatoms. The molecule has 2 amide bonds. The molecule has 1 heterocycles. The Morgan fingerprint density at radius 3 is 2.75 bits per heavy atom. The van der Waals surface area contributed by atoms with Crippen molar-refractivity contribution in [1.82, 2.24) is 15.3 Å². The van der Waals surface area contributed by atoms with E-state index in [2.05, 4.69) is 20.6 Å². The molecule has 0 spiro atoms. The van der Waals surface area contributed by atoms with E-state index in [1.807, 2.05) is 0 Å². The molecule has 0 aliphatic rings. The summed E-state index contributed by atoms with van der Waals surface area (Å²) >= 11 is 0. The lowest BCUT2D eigenvalue weighted by molar-refractivity contribution is -0.146. The van der Waals surface area contributed by atoms with Gasteiger partial charge >= 0.3 is 12.0 Å². The molecule has 1 rings (SSSR count). The Balaban J connectivity index is 2.46. The number of ether oxygens (including phenoxy) is 1. The van der Waals surface area contributed by atoms with Gasteiger partial charge in [-0.25, -0.2) is 14.6 Å². The van der Waals surface area contributed by atoms with Gasteiger partial charge in [0.05, 0.1) is 7.11 Å². The first kappa shape index (κ1) is 15.6. The van der Waals surface area contributed by atoms with Gasteiger partial charge in [0.15, 0.2) is 6.10 Å². The first-order valence-electron chi connectivity index (χ1n) is 5.77. The second-order valence-corrected chi connectivity index (χ2v) is 3.90. The minimum Gasteiger partial charge on any atom is -0.481 e. The van der Waals surface area contributed by atoms with E-state index in [1.165, 1.54) is 7.11 Å². The van der Waals surface area contributed by atoms with Crippen LogP contribution in [0.3, 0.4) is 0 Å². The molecule has 0 saturated heterocycles. The van der Waals surface area contributed by atoms with E-state index in [0.29, 0.717) is 11.6 Å². The van der Waals surface area contributed by atoms with Crippen molar-refractivity contribution in [2.24, 2.45) is 0 Å². The number of amides is 2. The van der Waals surface area contributed by atoms with Crippen molar-refractivity contribution in [1.29, 1.82) is 0 Å². The fourth-order valence-electron chi connectivity index (χ4n) is 1.29. The van der Waals surface area contributed by atoms with Gasteiger partial charge < -0.3 is 20.3 Å². The zero-order valence-electron chi connectivity index (χ0n) is 11.1. The maximum atomic E-state index is 11.5. The number of hydrogen-bond donors (Lipinski definition) is 4. The Hall–Kier alpha value is -2.42. The first-order valence-corrected chi connectivity index (χ1v) is 5.77. The molecule has 0 aromatic carbocycles. The van der Waals surface area contributed by atoms with Crippen LogP contribution in [-0.2, 0) is 4.79 Å². The summed E-state index contributed by atoms with van der Waals surface area (Å²) in [7, 11) is 1.44. The lowest BCUT2D eigenvalue weighted by Gasteiger charge is -2.09. The number of aliphatic hydroxyl groups excluding tert-OH is 1. The summed E-state index contributed by atoms with van der Waals surface area (Å²) in [6, 6.07) is 1.00. The number of carboxylic acid groups (broad SMARTS) is 1. The summed E-state index contributed by atoms with van der Waals surface area (Å²) in [6.07, 6.45) is -1.61. The molecular weight excluding hydrogens is 268 g/mol. The van der Waals surface area contributed by atoms with Crippen LogP contribution in [0.4, 0.5) is 10.7 Å². The zero-order valence-corrected chi connectivity index (χ0v) is 11.1. The van der Waals surface area contributed by atoms with E-state index in [-0.39, 0.29) is 18.9 Å². The van der Waals surface area contributed by atoms with Crippen LogP contribution in [0.15, 0.2) is 6.07 Å². The van der Waals surface area contributed by atoms with Crippen molar-refractivity contribution in [3.63, 3.8) is 0 Å². The molecule has 4 N–H and O–H groups in total. The Morgan fingerprint density at radius 1 is 1.45 bits per heavy atom. The molecule has 0 aliphatic carbocycles. The number of methoxy groups -OCH3 is 1. The number of urea groups is 1. The van der Waals surface area contributed by atoms with Gasteiger partial charge in [0.1, 0.15) is 0 Å². The standard InChI is InChI=1S/C11H16N4O5/c1-6-5-8(20-2)14-10(13-6)15-11(19)12-4-3-7(16)9(17)18/h5,7,16H,3-4H2,1-2H3,(H,17,18)(H2,12,13,14,15,19)/t7-/m0/s1. The van der Waals surface area contributed by atoms with Gasteiger partial charge in [-0.2, -0.15) is 4.98 Å². The topological polar surface area (TPSA) is 134 Å². The van der Waals surface area contributed by atoms with Crippen molar-refractivity contribution < 1.29 is 24.5 Å². The Bertz CT molecular complexity index is 494. The average Bonchev–Trinajstić information content (AvgIpc) is 2.37. The van der Waals surface area contributed by atoms with E-state index < -0.39 is 18.1 Å². The van der Waals surface area contributed by atoms with Crippen LogP contribution >= 0.6 is 0 Å². The van der Waals surface area contributed by atoms with E-state index in [9.17, 15) is 9.59 Å². The molecule has 0 fully saturated rings. The lowest BCUT2D eigenvalue weighted by Crippen LogP contribution is -2.33. The molecule has 0 unspecified atom stereocenters. The first-order chi connectivity index (χ1) is 9.42. The summed E-state index contributed by atoms with van der Waals surface area (Å²) in [5.41, 5.74) is 0.619. The number of nitrogens with one attached hydrogen (secondary N) is 2. The minimum atomic E-state index is -1.51. The van der Waals surface area contributed by atoms with Crippen LogP contribution in [0.25, 0.3) is 0 Å². The predicted octanol–water partition coefficient (Wildman–Crippen LogP) is -0.249. The normalized spacial score (nSPS) is 11.6. The molecule has 110 valence electrons. The monoisotopic (exact) mass is 284 g/mol. The van der Waals surface area contributed by atoms with Gasteiger partial charge in [-0.05, 0) is 6.92 Å². The SMILES string of the molecule is COc1cc(C)nc(NC(=O)NCC[C@H](O)C(=O)O)n1. The zero-order chi connectivity index (χ0) is 15.1. The fraction of sp³-hybridized carbons (Fsp3) is 0.455. The third-order valence-electron chi connectivity index (χ3n) is 2.25. The summed E-state index contributed by atoms with van der Waals surface area (Å²) in [5.74, 6) is -0.953. The summed E-state index contributed by atoms with van der Waals surface area (Å²) in [4.78, 5) is 29.8. The lowest BCUT2D eigenvalue weighted by atomic mass is 10.2. The molecule has 0 aliphatic heterocycles. The van der Waals surface area contributed by atoms with Crippen LogP contribution in [0.5, 0.6) is 5.88 Å². The molecule has 1 aromatic rings. The molecule has 1 atom stereocenters. The molecule has 0 bridgehead atoms. The van der Waals surface area contributed by atoms with E-state index in [1.54, 1.807) is 13.0 Å². The second kappa shape index (κ2) is 7.24. The van der Waals surface area contributed by atoms with Crippen LogP contribution in [0, 0.1) is 6.92 Å². The third kappa shape index (κ3) is 5.06. The number of rotatable bonds is 6. The fourth-order valence-corrected chi connectivity index (χ4v) is 1.29. The van der Waals surface area contributed by atoms with Crippen molar-refractivity contribution in [2.45, 2.75) is 19.4 Å². The number of carboxylic acids is 1. The van der Waals surface area contributed by atoms with Gasteiger partial charge in [-0.3, -0.25) is 5.32 Å². The molecule has 0 radical (unpaired) electrons. The molecular formula is C11H16N4O5. The highest BCUT2D eigenvalue weighted by atomic mass is 16.5. The number of hydrogen-bond acceptors (Lipinski definition) is 6. The highest BCUT2D eigenvalue weighted by Crippen LogP contribution is 2.10. The highest BCUT2D eigenvalue weighted by molar-refractivity contribution is 5.87. The van der Waals surface area contributed by atoms with Crippen molar-refractivity contribution in [3.05, 3.63) is 11.8 Å². The molecule has 9 nitrogen and oxygen atoms in total. The van der Waals surface area contributed by atoms with E-state index in [0.717, 1.165) is 0 Å². The number of carbonyl (C=O) groups is 2. The van der Waals surface area contributed by atoms with Crippen molar-refractivity contribution >= 4 is 17.9 Å². The number of anilines is 1. The number of aliphatic hydroxyl groups is 1. The summed E-state index contributed by atoms with van der Waals surface area (Å²) in [5, 5.41) is 22.2. The van der Waals surface area contributed by atoms with Crippen LogP contribution < -0.4 is 15.4 Å². The smallest absolute Gasteiger partial charge is 0.332 e. The average molecular weight is 284 g/mol. The number of nitrogens with zero attached hydrogens (tertiary/aromatic N) is 2. The van der Waals surface area contributed by atoms with Crippen molar-refractivity contribution in [3.8, 4) is 5.88 Å². The van der Waals surface area contributed by atoms with Gasteiger partial charge in [0, 0.05) is 24.7 Å². The van der Waals surface area contributed by atoms with Crippen molar-refractivity contribution in [2.75, 3.05) is 19.0 Å². The summed E-state index contributed by atoms with van der Waals surface area (Å²) < 4.78 is 4.94. The Labute approximate surface area is 115 Å². The largest absolute Gasteiger partial charge is 0.481 e. The predicted molar refractivity (Wildman–Crippen MR) is 68.6 cm³/mol. The number of aromatic nitrogens is 2. The molecule has 0 saturated carbocycles. The third-order valence-corrected chi connectivity index (χ3v) is 2.25. The van der Waals surface area contributed by atoms with Gasteiger partial charge in [-0.15, -0.1) is 0 Å². The quantitative estimate of drug-likeness (QED) is 0.566. The van der Waals surface area contributed by atoms with Crippen LogP contribution in [-0.4, -0.2) is 51.9 Å². The van der Waals surface area contributed by atoms with Gasteiger partial charge in [-0.1, -0.05) is 0 Å². The van der Waals surface area contributed by atoms with E-state index >= 15 is 0 Å². The second-order valence-electron chi connectivity index (χ2n) is 3.90. The van der Waals surface area contributed by atoms with E-state index in [4.69, 9.17) is 14.9 Å².